The highest BCUT2D eigenvalue weighted by atomic mass is 79.9. The molecule has 0 spiro atoms. The molecule has 1 atom stereocenters. The summed E-state index contributed by atoms with van der Waals surface area (Å²) < 4.78 is 11.6. The monoisotopic (exact) mass is 448 g/mol. The number of carbonyl (C=O) groups excluding carboxylic acids is 2. The van der Waals surface area contributed by atoms with Crippen molar-refractivity contribution in [3.63, 3.8) is 0 Å². The predicted molar refractivity (Wildman–Crippen MR) is 111 cm³/mol. The second-order valence-electron chi connectivity index (χ2n) is 6.19. The molecule has 2 rings (SSSR count). The summed E-state index contributed by atoms with van der Waals surface area (Å²) in [6, 6.07) is 14.0. The Labute approximate surface area is 174 Å². The predicted octanol–water partition coefficient (Wildman–Crippen LogP) is 3.39. The van der Waals surface area contributed by atoms with Crippen LogP contribution >= 0.6 is 15.9 Å². The Morgan fingerprint density at radius 1 is 1.14 bits per heavy atom. The van der Waals surface area contributed by atoms with Crippen molar-refractivity contribution in [2.75, 3.05) is 20.3 Å². The highest BCUT2D eigenvalue weighted by Crippen LogP contribution is 2.18. The Morgan fingerprint density at radius 2 is 1.82 bits per heavy atom. The van der Waals surface area contributed by atoms with E-state index in [1.54, 1.807) is 38.3 Å². The van der Waals surface area contributed by atoms with Gasteiger partial charge in [-0.3, -0.25) is 9.59 Å². The molecular weight excluding hydrogens is 424 g/mol. The first kappa shape index (κ1) is 21.8. The molecule has 2 aromatic carbocycles. The first-order chi connectivity index (χ1) is 13.4. The maximum absolute atomic E-state index is 12.9. The third-order valence-corrected chi connectivity index (χ3v) is 4.68. The molecule has 0 heterocycles. The van der Waals surface area contributed by atoms with Crippen molar-refractivity contribution >= 4 is 27.7 Å². The SMILES string of the molecule is CCNC(=O)[C@@H](C)N(Cc1cccc(Br)c1)C(=O)COc1ccc(OC)cc1. The summed E-state index contributed by atoms with van der Waals surface area (Å²) in [5, 5.41) is 2.77. The van der Waals surface area contributed by atoms with Gasteiger partial charge in [0.25, 0.3) is 5.91 Å². The lowest BCUT2D eigenvalue weighted by atomic mass is 10.1. The number of hydrogen-bond donors (Lipinski definition) is 1. The zero-order chi connectivity index (χ0) is 20.5. The van der Waals surface area contributed by atoms with E-state index in [4.69, 9.17) is 9.47 Å². The van der Waals surface area contributed by atoms with E-state index in [2.05, 4.69) is 21.2 Å². The molecule has 0 bridgehead atoms. The maximum Gasteiger partial charge on any atom is 0.261 e. The van der Waals surface area contributed by atoms with Crippen LogP contribution in [0.25, 0.3) is 0 Å². The van der Waals surface area contributed by atoms with Gasteiger partial charge in [0.2, 0.25) is 5.91 Å². The number of methoxy groups -OCH3 is 1. The number of amides is 2. The summed E-state index contributed by atoms with van der Waals surface area (Å²) in [7, 11) is 1.59. The summed E-state index contributed by atoms with van der Waals surface area (Å²) in [6.07, 6.45) is 0. The fourth-order valence-corrected chi connectivity index (χ4v) is 3.08. The molecule has 0 aliphatic carbocycles. The van der Waals surface area contributed by atoms with Gasteiger partial charge in [0, 0.05) is 17.6 Å². The van der Waals surface area contributed by atoms with Gasteiger partial charge in [0.05, 0.1) is 7.11 Å². The first-order valence-electron chi connectivity index (χ1n) is 9.03. The number of carbonyl (C=O) groups is 2. The zero-order valence-electron chi connectivity index (χ0n) is 16.3. The molecule has 1 N–H and O–H groups in total. The largest absolute Gasteiger partial charge is 0.497 e. The van der Waals surface area contributed by atoms with Crippen molar-refractivity contribution in [1.82, 2.24) is 10.2 Å². The van der Waals surface area contributed by atoms with Gasteiger partial charge in [0.15, 0.2) is 6.61 Å². The van der Waals surface area contributed by atoms with Gasteiger partial charge in [-0.05, 0) is 55.8 Å². The Kier molecular flexibility index (Phi) is 8.32. The van der Waals surface area contributed by atoms with E-state index in [-0.39, 0.29) is 18.4 Å². The van der Waals surface area contributed by atoms with E-state index in [1.807, 2.05) is 31.2 Å². The summed E-state index contributed by atoms with van der Waals surface area (Å²) in [4.78, 5) is 26.7. The molecule has 0 aromatic heterocycles. The lowest BCUT2D eigenvalue weighted by Crippen LogP contribution is -2.49. The van der Waals surface area contributed by atoms with Crippen LogP contribution in [-0.2, 0) is 16.1 Å². The minimum Gasteiger partial charge on any atom is -0.497 e. The molecule has 0 saturated carbocycles. The first-order valence-corrected chi connectivity index (χ1v) is 9.82. The minimum absolute atomic E-state index is 0.163. The van der Waals surface area contributed by atoms with Crippen LogP contribution < -0.4 is 14.8 Å². The van der Waals surface area contributed by atoms with Crippen LogP contribution in [0.1, 0.15) is 19.4 Å². The molecule has 2 amide bonds. The smallest absolute Gasteiger partial charge is 0.261 e. The summed E-state index contributed by atoms with van der Waals surface area (Å²) >= 11 is 3.44. The topological polar surface area (TPSA) is 67.9 Å². The average Bonchev–Trinajstić information content (AvgIpc) is 2.70. The second kappa shape index (κ2) is 10.7. The van der Waals surface area contributed by atoms with Crippen molar-refractivity contribution < 1.29 is 19.1 Å². The number of ether oxygens (including phenoxy) is 2. The molecule has 6 nitrogen and oxygen atoms in total. The average molecular weight is 449 g/mol. The molecular formula is C21H25BrN2O4. The number of rotatable bonds is 9. The molecule has 0 aliphatic rings. The lowest BCUT2D eigenvalue weighted by Gasteiger charge is -2.28. The second-order valence-corrected chi connectivity index (χ2v) is 7.10. The van der Waals surface area contributed by atoms with E-state index in [0.29, 0.717) is 24.6 Å². The Morgan fingerprint density at radius 3 is 2.43 bits per heavy atom. The standard InChI is InChI=1S/C21H25BrN2O4/c1-4-23-21(26)15(2)24(13-16-6-5-7-17(22)12-16)20(25)14-28-19-10-8-18(27-3)9-11-19/h5-12,15H,4,13-14H2,1-3H3,(H,23,26)/t15-/m1/s1. The number of nitrogens with one attached hydrogen (secondary N) is 1. The molecule has 0 unspecified atom stereocenters. The number of hydrogen-bond acceptors (Lipinski definition) is 4. The Hall–Kier alpha value is -2.54. The molecule has 28 heavy (non-hydrogen) atoms. The fourth-order valence-electron chi connectivity index (χ4n) is 2.64. The highest BCUT2D eigenvalue weighted by Gasteiger charge is 2.26. The van der Waals surface area contributed by atoms with E-state index < -0.39 is 6.04 Å². The van der Waals surface area contributed by atoms with Crippen molar-refractivity contribution in [2.45, 2.75) is 26.4 Å². The lowest BCUT2D eigenvalue weighted by molar-refractivity contribution is -0.142. The maximum atomic E-state index is 12.9. The van der Waals surface area contributed by atoms with Crippen molar-refractivity contribution in [3.05, 3.63) is 58.6 Å². The molecule has 0 aliphatic heterocycles. The quantitative estimate of drug-likeness (QED) is 0.638. The molecule has 150 valence electrons. The molecule has 0 radical (unpaired) electrons. The van der Waals surface area contributed by atoms with Gasteiger partial charge in [-0.2, -0.15) is 0 Å². The zero-order valence-corrected chi connectivity index (χ0v) is 17.9. The molecule has 7 heteroatoms. The normalized spacial score (nSPS) is 11.4. The molecule has 0 fully saturated rings. The van der Waals surface area contributed by atoms with E-state index in [1.165, 1.54) is 4.90 Å². The van der Waals surface area contributed by atoms with Gasteiger partial charge in [-0.25, -0.2) is 0 Å². The summed E-state index contributed by atoms with van der Waals surface area (Å²) in [5.41, 5.74) is 0.920. The molecule has 0 saturated heterocycles. The van der Waals surface area contributed by atoms with Crippen LogP contribution in [-0.4, -0.2) is 43.0 Å². The third-order valence-electron chi connectivity index (χ3n) is 4.18. The van der Waals surface area contributed by atoms with Crippen molar-refractivity contribution in [1.29, 1.82) is 0 Å². The number of nitrogens with zero attached hydrogens (tertiary/aromatic N) is 1. The molecule has 2 aromatic rings. The van der Waals surface area contributed by atoms with Crippen LogP contribution in [0.4, 0.5) is 0 Å². The van der Waals surface area contributed by atoms with Crippen LogP contribution in [0.15, 0.2) is 53.0 Å². The number of benzene rings is 2. The highest BCUT2D eigenvalue weighted by molar-refractivity contribution is 9.10. The van der Waals surface area contributed by atoms with Crippen LogP contribution in [0.5, 0.6) is 11.5 Å². The Bertz CT molecular complexity index is 795. The van der Waals surface area contributed by atoms with Crippen molar-refractivity contribution in [3.8, 4) is 11.5 Å². The fraction of sp³-hybridized carbons (Fsp3) is 0.333. The van der Waals surface area contributed by atoms with E-state index in [0.717, 1.165) is 10.0 Å². The number of likely N-dealkylation sites (N-methyl/N-ethyl adjacent to an activating group) is 1. The van der Waals surface area contributed by atoms with E-state index in [9.17, 15) is 9.59 Å². The number of halogens is 1. The van der Waals surface area contributed by atoms with Gasteiger partial charge in [-0.1, -0.05) is 28.1 Å². The van der Waals surface area contributed by atoms with E-state index >= 15 is 0 Å². The van der Waals surface area contributed by atoms with Gasteiger partial charge >= 0.3 is 0 Å². The minimum atomic E-state index is -0.620. The van der Waals surface area contributed by atoms with Crippen LogP contribution in [0.3, 0.4) is 0 Å². The third kappa shape index (κ3) is 6.27. The Balaban J connectivity index is 2.11. The van der Waals surface area contributed by atoms with Crippen molar-refractivity contribution in [2.24, 2.45) is 0 Å². The van der Waals surface area contributed by atoms with Gasteiger partial charge in [-0.15, -0.1) is 0 Å². The summed E-state index contributed by atoms with van der Waals surface area (Å²) in [5.74, 6) is 0.798. The van der Waals surface area contributed by atoms with Crippen LogP contribution in [0.2, 0.25) is 0 Å². The van der Waals surface area contributed by atoms with Gasteiger partial charge in [0.1, 0.15) is 17.5 Å². The summed E-state index contributed by atoms with van der Waals surface area (Å²) in [6.45, 7) is 4.21. The van der Waals surface area contributed by atoms with Crippen LogP contribution in [0, 0.1) is 0 Å². The van der Waals surface area contributed by atoms with Gasteiger partial charge < -0.3 is 19.7 Å².